The molecule has 0 aromatic rings. The predicted octanol–water partition coefficient (Wildman–Crippen LogP) is 12.8. The lowest BCUT2D eigenvalue weighted by Gasteiger charge is -2.14. The second kappa shape index (κ2) is 22.4. The maximum atomic E-state index is 12.2. The van der Waals surface area contributed by atoms with Crippen LogP contribution >= 0.6 is 15.6 Å². The number of hydrogen-bond donors (Lipinski definition) is 3. The maximum absolute atomic E-state index is 12.2. The van der Waals surface area contributed by atoms with Gasteiger partial charge in [-0.2, -0.15) is 4.31 Å². The van der Waals surface area contributed by atoms with Gasteiger partial charge in [0.05, 0.1) is 6.61 Å². The molecule has 7 nitrogen and oxygen atoms in total. The molecule has 1 aliphatic carbocycles. The van der Waals surface area contributed by atoms with Crippen molar-refractivity contribution in [1.82, 2.24) is 0 Å². The van der Waals surface area contributed by atoms with Gasteiger partial charge in [-0.25, -0.2) is 9.13 Å². The zero-order chi connectivity index (χ0) is 37.3. The summed E-state index contributed by atoms with van der Waals surface area (Å²) in [6.45, 7) is 21.5. The van der Waals surface area contributed by atoms with Crippen molar-refractivity contribution in [1.29, 1.82) is 0 Å². The highest BCUT2D eigenvalue weighted by atomic mass is 31.3. The van der Waals surface area contributed by atoms with Crippen LogP contribution in [0.4, 0.5) is 0 Å². The SMILES string of the molecule is CC(C)=CCC/C(C)=C/CC/C(C)=C/CC/C(C)=C/C1C(COP(=O)(O)OP(=O)(O)O)C1(C)CC/C=C(\C)CC/C=C(\C)CCC=C(C)C. The first-order chi connectivity index (χ1) is 22.7. The maximum Gasteiger partial charge on any atom is 0.481 e. The van der Waals surface area contributed by atoms with Crippen LogP contribution in [0.1, 0.15) is 146 Å². The van der Waals surface area contributed by atoms with Crippen molar-refractivity contribution < 1.29 is 32.6 Å². The lowest BCUT2D eigenvalue weighted by molar-refractivity contribution is 0.166. The van der Waals surface area contributed by atoms with E-state index < -0.39 is 15.6 Å². The Labute approximate surface area is 299 Å². The lowest BCUT2D eigenvalue weighted by Crippen LogP contribution is -2.04. The van der Waals surface area contributed by atoms with Crippen molar-refractivity contribution in [2.75, 3.05) is 6.61 Å². The third-order valence-electron chi connectivity index (χ3n) is 9.48. The molecule has 0 aliphatic heterocycles. The monoisotopic (exact) mass is 722 g/mol. The van der Waals surface area contributed by atoms with E-state index in [0.717, 1.165) is 77.0 Å². The zero-order valence-electron chi connectivity index (χ0n) is 32.3. The number of rotatable bonds is 24. The van der Waals surface area contributed by atoms with E-state index in [-0.39, 0.29) is 23.9 Å². The number of allylic oxidation sites excluding steroid dienone is 14. The Morgan fingerprint density at radius 2 is 0.959 bits per heavy atom. The van der Waals surface area contributed by atoms with Crippen molar-refractivity contribution >= 4 is 15.6 Å². The smallest absolute Gasteiger partial charge is 0.302 e. The Morgan fingerprint density at radius 1 is 0.592 bits per heavy atom. The molecule has 1 saturated carbocycles. The normalized spacial score (nSPS) is 22.2. The Morgan fingerprint density at radius 3 is 1.35 bits per heavy atom. The van der Waals surface area contributed by atoms with E-state index in [4.69, 9.17) is 14.3 Å². The van der Waals surface area contributed by atoms with Gasteiger partial charge < -0.3 is 14.7 Å². The first-order valence-electron chi connectivity index (χ1n) is 18.0. The van der Waals surface area contributed by atoms with Gasteiger partial charge >= 0.3 is 15.6 Å². The minimum Gasteiger partial charge on any atom is -0.302 e. The first-order valence-corrected chi connectivity index (χ1v) is 21.1. The summed E-state index contributed by atoms with van der Waals surface area (Å²) >= 11 is 0. The summed E-state index contributed by atoms with van der Waals surface area (Å²) in [6, 6.07) is 0. The molecule has 3 N–H and O–H groups in total. The average molecular weight is 723 g/mol. The summed E-state index contributed by atoms with van der Waals surface area (Å²) in [5.41, 5.74) is 9.43. The molecule has 1 fully saturated rings. The Kier molecular flexibility index (Phi) is 20.8. The van der Waals surface area contributed by atoms with E-state index in [2.05, 4.69) is 116 Å². The van der Waals surface area contributed by atoms with Crippen molar-refractivity contribution in [3.8, 4) is 0 Å². The van der Waals surface area contributed by atoms with E-state index in [1.807, 2.05) is 0 Å². The minimum absolute atomic E-state index is 0.0626. The molecule has 0 radical (unpaired) electrons. The molecule has 0 bridgehead atoms. The molecule has 9 heteroatoms. The second-order valence-electron chi connectivity index (χ2n) is 15.0. The predicted molar refractivity (Wildman–Crippen MR) is 207 cm³/mol. The molecule has 4 unspecified atom stereocenters. The highest BCUT2D eigenvalue weighted by Crippen LogP contribution is 2.65. The van der Waals surface area contributed by atoms with Gasteiger partial charge in [0.2, 0.25) is 0 Å². The number of phosphoric ester groups is 1. The van der Waals surface area contributed by atoms with E-state index in [9.17, 15) is 14.0 Å². The summed E-state index contributed by atoms with van der Waals surface area (Å²) < 4.78 is 32.5. The molecule has 0 aromatic carbocycles. The van der Waals surface area contributed by atoms with Crippen LogP contribution in [0.15, 0.2) is 81.5 Å². The third-order valence-corrected chi connectivity index (χ3v) is 11.6. The molecule has 0 amide bonds. The highest BCUT2D eigenvalue weighted by molar-refractivity contribution is 7.60. The Bertz CT molecular complexity index is 1350. The van der Waals surface area contributed by atoms with Crippen molar-refractivity contribution in [2.24, 2.45) is 17.3 Å². The molecule has 1 aliphatic rings. The first kappa shape index (κ1) is 45.5. The third kappa shape index (κ3) is 21.4. The second-order valence-corrected chi connectivity index (χ2v) is 17.8. The number of phosphoric acid groups is 2. The molecular formula is C40H68O7P2. The standard InChI is InChI=1S/C40H68O7P2/c1-31(2)17-11-19-33(5)21-13-23-35(7)25-15-26-37(9)29-38-39(30-46-49(44,45)47-48(41,42)43)40(38,10)28-16-27-36(8)24-14-22-34(6)20-12-18-32(3)4/h17-18,21-22,25,27,29,38-39H,11-16,19-20,23-24,26,28,30H2,1-10H3,(H,44,45)(H2,41,42,43)/b33-21+,34-22+,35-25+,36-27+,37-29+. The molecule has 0 spiro atoms. The average Bonchev–Trinajstić information content (AvgIpc) is 3.50. The van der Waals surface area contributed by atoms with Gasteiger partial charge in [-0.3, -0.25) is 4.52 Å². The number of hydrogen-bond acceptors (Lipinski definition) is 4. The summed E-state index contributed by atoms with van der Waals surface area (Å²) in [5, 5.41) is 0. The van der Waals surface area contributed by atoms with Gasteiger partial charge in [0.15, 0.2) is 0 Å². The van der Waals surface area contributed by atoms with Gasteiger partial charge in [-0.1, -0.05) is 88.5 Å². The molecule has 1 rings (SSSR count). The summed E-state index contributed by atoms with van der Waals surface area (Å²) in [5.74, 6) is 0.0691. The fraction of sp³-hybridized carbons (Fsp3) is 0.650. The quantitative estimate of drug-likeness (QED) is 0.0671. The molecule has 0 heterocycles. The van der Waals surface area contributed by atoms with E-state index in [0.29, 0.717) is 0 Å². The summed E-state index contributed by atoms with van der Waals surface area (Å²) in [7, 11) is -10.1. The van der Waals surface area contributed by atoms with Crippen LogP contribution in [0.25, 0.3) is 0 Å². The molecule has 280 valence electrons. The Balaban J connectivity index is 2.80. The van der Waals surface area contributed by atoms with Crippen LogP contribution in [-0.4, -0.2) is 21.3 Å². The largest absolute Gasteiger partial charge is 0.481 e. The summed E-state index contributed by atoms with van der Waals surface area (Å²) in [4.78, 5) is 27.9. The van der Waals surface area contributed by atoms with Crippen molar-refractivity contribution in [3.63, 3.8) is 0 Å². The Hall–Kier alpha value is -1.56. The molecule has 0 saturated heterocycles. The van der Waals surface area contributed by atoms with Gasteiger partial charge in [0.1, 0.15) is 0 Å². The fourth-order valence-corrected chi connectivity index (χ4v) is 7.84. The minimum atomic E-state index is -5.17. The van der Waals surface area contributed by atoms with Gasteiger partial charge in [0, 0.05) is 0 Å². The lowest BCUT2D eigenvalue weighted by atomic mass is 9.95. The van der Waals surface area contributed by atoms with Crippen LogP contribution in [0, 0.1) is 17.3 Å². The van der Waals surface area contributed by atoms with Crippen LogP contribution < -0.4 is 0 Å². The zero-order valence-corrected chi connectivity index (χ0v) is 34.0. The van der Waals surface area contributed by atoms with Crippen LogP contribution in [0.3, 0.4) is 0 Å². The van der Waals surface area contributed by atoms with E-state index >= 15 is 0 Å². The fourth-order valence-electron chi connectivity index (χ4n) is 6.23. The van der Waals surface area contributed by atoms with E-state index in [1.165, 1.54) is 39.0 Å². The highest BCUT2D eigenvalue weighted by Gasteiger charge is 2.59. The molecule has 4 atom stereocenters. The van der Waals surface area contributed by atoms with Gasteiger partial charge in [0.25, 0.3) is 0 Å². The topological polar surface area (TPSA) is 113 Å². The molecule has 49 heavy (non-hydrogen) atoms. The van der Waals surface area contributed by atoms with Gasteiger partial charge in [-0.05, 0) is 157 Å². The van der Waals surface area contributed by atoms with Crippen molar-refractivity contribution in [3.05, 3.63) is 81.5 Å². The van der Waals surface area contributed by atoms with Gasteiger partial charge in [-0.15, -0.1) is 0 Å². The molecular weight excluding hydrogens is 654 g/mol. The van der Waals surface area contributed by atoms with Crippen LogP contribution in [0.5, 0.6) is 0 Å². The van der Waals surface area contributed by atoms with Crippen molar-refractivity contribution in [2.45, 2.75) is 146 Å². The van der Waals surface area contributed by atoms with Crippen LogP contribution in [0.2, 0.25) is 0 Å². The summed E-state index contributed by atoms with van der Waals surface area (Å²) in [6.07, 6.45) is 28.3. The van der Waals surface area contributed by atoms with E-state index in [1.54, 1.807) is 0 Å². The molecule has 0 aromatic heterocycles. The van der Waals surface area contributed by atoms with Crippen LogP contribution in [-0.2, 0) is 18.0 Å².